The van der Waals surface area contributed by atoms with Gasteiger partial charge in [-0.25, -0.2) is 9.97 Å². The number of rotatable bonds is 5. The molecule has 1 aromatic heterocycles. The predicted octanol–water partition coefficient (Wildman–Crippen LogP) is 3.85. The molecule has 0 unspecified atom stereocenters. The van der Waals surface area contributed by atoms with E-state index >= 15 is 0 Å². The first-order chi connectivity index (χ1) is 14.0. The molecule has 0 aliphatic rings. The Labute approximate surface area is 167 Å². The lowest BCUT2D eigenvalue weighted by Crippen LogP contribution is -2.02. The Morgan fingerprint density at radius 1 is 1.00 bits per heavy atom. The first-order valence-corrected chi connectivity index (χ1v) is 8.58. The average molecular weight is 390 g/mol. The van der Waals surface area contributed by atoms with Gasteiger partial charge in [0, 0.05) is 30.1 Å². The van der Waals surface area contributed by atoms with Gasteiger partial charge >= 0.3 is 0 Å². The van der Waals surface area contributed by atoms with E-state index in [0.29, 0.717) is 22.7 Å². The number of aromatic nitrogens is 2. The SMILES string of the molecule is COc1cc(C#Cc2cnc(Nc3c(C)cccc3[N+](=O)[O-])nc2)cc(OC)c1. The fraction of sp³-hybridized carbons (Fsp3) is 0.143. The van der Waals surface area contributed by atoms with Gasteiger partial charge in [0.15, 0.2) is 0 Å². The maximum atomic E-state index is 11.2. The molecular formula is C21H18N4O4. The first kappa shape index (κ1) is 19.6. The minimum Gasteiger partial charge on any atom is -0.497 e. The lowest BCUT2D eigenvalue weighted by molar-refractivity contribution is -0.384. The molecule has 146 valence electrons. The summed E-state index contributed by atoms with van der Waals surface area (Å²) in [5, 5.41) is 14.1. The van der Waals surface area contributed by atoms with Crippen molar-refractivity contribution in [1.82, 2.24) is 9.97 Å². The number of aryl methyl sites for hydroxylation is 1. The van der Waals surface area contributed by atoms with E-state index in [9.17, 15) is 10.1 Å². The van der Waals surface area contributed by atoms with Crippen LogP contribution in [0.5, 0.6) is 11.5 Å². The second-order valence-electron chi connectivity index (χ2n) is 6.00. The molecule has 0 amide bonds. The van der Waals surface area contributed by atoms with Crippen LogP contribution < -0.4 is 14.8 Å². The van der Waals surface area contributed by atoms with E-state index in [2.05, 4.69) is 27.1 Å². The highest BCUT2D eigenvalue weighted by atomic mass is 16.6. The lowest BCUT2D eigenvalue weighted by atomic mass is 10.1. The third-order valence-corrected chi connectivity index (χ3v) is 4.04. The summed E-state index contributed by atoms with van der Waals surface area (Å²) in [7, 11) is 3.15. The Morgan fingerprint density at radius 2 is 1.62 bits per heavy atom. The third-order valence-electron chi connectivity index (χ3n) is 4.04. The van der Waals surface area contributed by atoms with Gasteiger partial charge in [-0.15, -0.1) is 0 Å². The van der Waals surface area contributed by atoms with Crippen LogP contribution in [-0.4, -0.2) is 29.1 Å². The zero-order valence-electron chi connectivity index (χ0n) is 16.1. The molecule has 8 nitrogen and oxygen atoms in total. The zero-order chi connectivity index (χ0) is 20.8. The van der Waals surface area contributed by atoms with Crippen molar-refractivity contribution in [1.29, 1.82) is 0 Å². The quantitative estimate of drug-likeness (QED) is 0.401. The first-order valence-electron chi connectivity index (χ1n) is 8.58. The summed E-state index contributed by atoms with van der Waals surface area (Å²) in [5.74, 6) is 7.52. The van der Waals surface area contributed by atoms with Crippen molar-refractivity contribution < 1.29 is 14.4 Å². The maximum absolute atomic E-state index is 11.2. The van der Waals surface area contributed by atoms with Crippen LogP contribution in [0.3, 0.4) is 0 Å². The number of methoxy groups -OCH3 is 2. The zero-order valence-corrected chi connectivity index (χ0v) is 16.1. The smallest absolute Gasteiger partial charge is 0.293 e. The molecule has 0 spiro atoms. The molecule has 0 saturated carbocycles. The van der Waals surface area contributed by atoms with Crippen LogP contribution in [0.2, 0.25) is 0 Å². The minimum atomic E-state index is -0.447. The number of ether oxygens (including phenoxy) is 2. The third kappa shape index (κ3) is 4.78. The molecule has 1 N–H and O–H groups in total. The van der Waals surface area contributed by atoms with Crippen molar-refractivity contribution in [2.75, 3.05) is 19.5 Å². The van der Waals surface area contributed by atoms with Crippen molar-refractivity contribution in [2.24, 2.45) is 0 Å². The molecular weight excluding hydrogens is 372 g/mol. The molecule has 0 fully saturated rings. The summed E-state index contributed by atoms with van der Waals surface area (Å²) in [6.07, 6.45) is 3.09. The van der Waals surface area contributed by atoms with Gasteiger partial charge in [0.25, 0.3) is 5.69 Å². The van der Waals surface area contributed by atoms with E-state index < -0.39 is 4.92 Å². The van der Waals surface area contributed by atoms with Crippen LogP contribution >= 0.6 is 0 Å². The second-order valence-corrected chi connectivity index (χ2v) is 6.00. The number of hydrogen-bond acceptors (Lipinski definition) is 7. The number of hydrogen-bond donors (Lipinski definition) is 1. The van der Waals surface area contributed by atoms with Gasteiger partial charge in [-0.2, -0.15) is 0 Å². The maximum Gasteiger partial charge on any atom is 0.293 e. The lowest BCUT2D eigenvalue weighted by Gasteiger charge is -2.08. The van der Waals surface area contributed by atoms with Crippen LogP contribution in [0.25, 0.3) is 0 Å². The van der Waals surface area contributed by atoms with E-state index in [-0.39, 0.29) is 11.6 Å². The van der Waals surface area contributed by atoms with Crippen molar-refractivity contribution in [2.45, 2.75) is 6.92 Å². The molecule has 8 heteroatoms. The van der Waals surface area contributed by atoms with E-state index in [1.165, 1.54) is 6.07 Å². The van der Waals surface area contributed by atoms with E-state index in [1.54, 1.807) is 63.9 Å². The molecule has 0 aliphatic heterocycles. The normalized spacial score (nSPS) is 9.90. The van der Waals surface area contributed by atoms with E-state index in [1.807, 2.05) is 0 Å². The van der Waals surface area contributed by atoms with Gasteiger partial charge in [0.05, 0.1) is 24.7 Å². The molecule has 29 heavy (non-hydrogen) atoms. The summed E-state index contributed by atoms with van der Waals surface area (Å²) in [6, 6.07) is 10.2. The summed E-state index contributed by atoms with van der Waals surface area (Å²) < 4.78 is 10.5. The van der Waals surface area contributed by atoms with Gasteiger partial charge in [-0.1, -0.05) is 24.0 Å². The largest absolute Gasteiger partial charge is 0.497 e. The summed E-state index contributed by atoms with van der Waals surface area (Å²) >= 11 is 0. The molecule has 1 heterocycles. The van der Waals surface area contributed by atoms with Crippen molar-refractivity contribution in [3.05, 3.63) is 75.6 Å². The Balaban J connectivity index is 1.81. The number of nitro groups is 1. The molecule has 0 bridgehead atoms. The van der Waals surface area contributed by atoms with E-state index in [0.717, 1.165) is 11.1 Å². The van der Waals surface area contributed by atoms with Gasteiger partial charge < -0.3 is 14.8 Å². The average Bonchev–Trinajstić information content (AvgIpc) is 2.74. The van der Waals surface area contributed by atoms with E-state index in [4.69, 9.17) is 9.47 Å². The summed E-state index contributed by atoms with van der Waals surface area (Å²) in [6.45, 7) is 1.78. The number of nitrogens with one attached hydrogen (secondary N) is 1. The highest BCUT2D eigenvalue weighted by molar-refractivity contribution is 5.70. The number of nitrogens with zero attached hydrogens (tertiary/aromatic N) is 3. The van der Waals surface area contributed by atoms with Crippen LogP contribution in [0, 0.1) is 28.9 Å². The standard InChI is InChI=1S/C21H18N4O4/c1-14-5-4-6-19(25(26)27)20(14)24-21-22-12-16(13-23-21)8-7-15-9-17(28-2)11-18(10-15)29-3/h4-6,9-13H,1-3H3,(H,22,23,24). The molecule has 0 atom stereocenters. The molecule has 0 saturated heterocycles. The fourth-order valence-corrected chi connectivity index (χ4v) is 2.56. The van der Waals surface area contributed by atoms with Crippen molar-refractivity contribution >= 4 is 17.3 Å². The second kappa shape index (κ2) is 8.71. The fourth-order valence-electron chi connectivity index (χ4n) is 2.56. The Morgan fingerprint density at radius 3 is 2.21 bits per heavy atom. The van der Waals surface area contributed by atoms with Crippen LogP contribution in [0.1, 0.15) is 16.7 Å². The van der Waals surface area contributed by atoms with Gasteiger partial charge in [0.2, 0.25) is 5.95 Å². The van der Waals surface area contributed by atoms with Gasteiger partial charge in [-0.05, 0) is 24.6 Å². The Hall–Kier alpha value is -4.12. The molecule has 3 rings (SSSR count). The predicted molar refractivity (Wildman–Crippen MR) is 109 cm³/mol. The van der Waals surface area contributed by atoms with Crippen LogP contribution in [-0.2, 0) is 0 Å². The van der Waals surface area contributed by atoms with Crippen LogP contribution in [0.4, 0.5) is 17.3 Å². The summed E-state index contributed by atoms with van der Waals surface area (Å²) in [4.78, 5) is 19.2. The highest BCUT2D eigenvalue weighted by Crippen LogP contribution is 2.29. The molecule has 0 aliphatic carbocycles. The molecule has 3 aromatic rings. The van der Waals surface area contributed by atoms with Crippen molar-refractivity contribution in [3.63, 3.8) is 0 Å². The van der Waals surface area contributed by atoms with Gasteiger partial charge in [0.1, 0.15) is 17.2 Å². The monoisotopic (exact) mass is 390 g/mol. The van der Waals surface area contributed by atoms with Crippen molar-refractivity contribution in [3.8, 4) is 23.3 Å². The van der Waals surface area contributed by atoms with Gasteiger partial charge in [-0.3, -0.25) is 10.1 Å². The highest BCUT2D eigenvalue weighted by Gasteiger charge is 2.16. The van der Waals surface area contributed by atoms with Crippen LogP contribution in [0.15, 0.2) is 48.8 Å². The number of anilines is 2. The molecule has 2 aromatic carbocycles. The number of nitro benzene ring substituents is 1. The molecule has 0 radical (unpaired) electrons. The summed E-state index contributed by atoms with van der Waals surface area (Å²) in [5.41, 5.74) is 2.36. The number of benzene rings is 2. The Bertz CT molecular complexity index is 1080. The number of para-hydroxylation sites is 1. The topological polar surface area (TPSA) is 99.4 Å². The minimum absolute atomic E-state index is 0.0376. The Kier molecular flexibility index (Phi) is 5.90.